The number of piperidine rings is 4. The molecule has 4 rings (SSSR count). The first-order chi connectivity index (χ1) is 12.1. The van der Waals surface area contributed by atoms with E-state index in [9.17, 15) is 9.59 Å². The van der Waals surface area contributed by atoms with E-state index < -0.39 is 0 Å². The molecule has 138 valence electrons. The van der Waals surface area contributed by atoms with Crippen molar-refractivity contribution in [1.82, 2.24) is 9.80 Å². The van der Waals surface area contributed by atoms with E-state index in [0.717, 1.165) is 45.3 Å². The summed E-state index contributed by atoms with van der Waals surface area (Å²) in [5.41, 5.74) is 0.686. The lowest BCUT2D eigenvalue weighted by molar-refractivity contribution is -0.156. The Morgan fingerprint density at radius 3 is 2.76 bits per heavy atom. The van der Waals surface area contributed by atoms with Gasteiger partial charge >= 0.3 is 5.97 Å². The van der Waals surface area contributed by atoms with Crippen molar-refractivity contribution in [3.63, 3.8) is 0 Å². The Bertz CT molecular complexity index is 587. The van der Waals surface area contributed by atoms with Crippen molar-refractivity contribution in [2.24, 2.45) is 11.8 Å². The van der Waals surface area contributed by atoms with Gasteiger partial charge in [0.25, 0.3) is 0 Å². The first-order valence-electron chi connectivity index (χ1n) is 9.94. The average Bonchev–Trinajstić information content (AvgIpc) is 2.62. The van der Waals surface area contributed by atoms with Crippen molar-refractivity contribution in [3.8, 4) is 0 Å². The number of carbonyl (C=O) groups excluding carboxylic acids is 2. The third-order valence-corrected chi connectivity index (χ3v) is 6.95. The average molecular weight is 346 g/mol. The summed E-state index contributed by atoms with van der Waals surface area (Å²) in [5, 5.41) is 0. The lowest BCUT2D eigenvalue weighted by Crippen LogP contribution is -2.65. The molecule has 0 spiro atoms. The van der Waals surface area contributed by atoms with Gasteiger partial charge in [0.15, 0.2) is 0 Å². The Labute approximate surface area is 150 Å². The summed E-state index contributed by atoms with van der Waals surface area (Å²) in [6, 6.07) is 0.940. The zero-order valence-electron chi connectivity index (χ0n) is 15.4. The van der Waals surface area contributed by atoms with E-state index >= 15 is 0 Å². The van der Waals surface area contributed by atoms with Crippen LogP contribution in [0.5, 0.6) is 0 Å². The van der Waals surface area contributed by atoms with Crippen LogP contribution in [0.25, 0.3) is 0 Å². The number of carbonyl (C=O) groups is 2. The van der Waals surface area contributed by atoms with Crippen LogP contribution in [-0.4, -0.2) is 59.5 Å². The van der Waals surface area contributed by atoms with E-state index in [1.807, 2.05) is 19.9 Å². The van der Waals surface area contributed by atoms with Gasteiger partial charge in [-0.3, -0.25) is 9.69 Å². The minimum Gasteiger partial charge on any atom is -0.459 e. The lowest BCUT2D eigenvalue weighted by atomic mass is 9.70. The molecule has 0 aromatic heterocycles. The van der Waals surface area contributed by atoms with E-state index in [0.29, 0.717) is 35.4 Å². The molecule has 5 atom stereocenters. The quantitative estimate of drug-likeness (QED) is 0.569. The molecule has 25 heavy (non-hydrogen) atoms. The summed E-state index contributed by atoms with van der Waals surface area (Å²) >= 11 is 0. The number of hydrogen-bond donors (Lipinski definition) is 0. The smallest absolute Gasteiger partial charge is 0.333 e. The fraction of sp³-hybridized carbons (Fsp3) is 0.800. The van der Waals surface area contributed by atoms with Crippen molar-refractivity contribution in [3.05, 3.63) is 11.6 Å². The lowest BCUT2D eigenvalue weighted by Gasteiger charge is -2.57. The summed E-state index contributed by atoms with van der Waals surface area (Å²) in [5.74, 6) is 1.37. The van der Waals surface area contributed by atoms with Gasteiger partial charge in [-0.1, -0.05) is 6.08 Å². The fourth-order valence-corrected chi connectivity index (χ4v) is 5.52. The van der Waals surface area contributed by atoms with Crippen molar-refractivity contribution in [2.45, 2.75) is 70.6 Å². The van der Waals surface area contributed by atoms with Gasteiger partial charge in [0.05, 0.1) is 0 Å². The van der Waals surface area contributed by atoms with E-state index in [4.69, 9.17) is 4.74 Å². The predicted octanol–water partition coefficient (Wildman–Crippen LogP) is 2.36. The molecule has 4 saturated heterocycles. The number of esters is 1. The molecule has 2 bridgehead atoms. The number of ether oxygens (including phenoxy) is 1. The number of fused-ring (bicyclic) bond motifs is 6. The highest BCUT2D eigenvalue weighted by molar-refractivity contribution is 5.87. The molecule has 0 N–H and O–H groups in total. The van der Waals surface area contributed by atoms with Gasteiger partial charge in [-0.05, 0) is 51.4 Å². The Morgan fingerprint density at radius 2 is 1.96 bits per heavy atom. The van der Waals surface area contributed by atoms with Crippen LogP contribution >= 0.6 is 0 Å². The number of rotatable bonds is 2. The molecule has 4 aliphatic rings. The second-order valence-electron chi connectivity index (χ2n) is 8.35. The first-order valence-corrected chi connectivity index (χ1v) is 9.94. The molecule has 0 aliphatic carbocycles. The summed E-state index contributed by atoms with van der Waals surface area (Å²) in [6.45, 7) is 6.73. The molecule has 5 nitrogen and oxygen atoms in total. The standard InChI is InChI=1S/C20H30N2O3/c1-3-13(2)20(24)25-16-7-8-21-11-14-9-15(18(21)10-16)12-22-17(14)5-4-6-19(22)23/h3,14-18H,4-12H2,1-2H3/b13-3+/t14-,15+,16+,17?,18?/m1/s1. The van der Waals surface area contributed by atoms with Crippen LogP contribution in [0.2, 0.25) is 0 Å². The topological polar surface area (TPSA) is 49.9 Å². The monoisotopic (exact) mass is 346 g/mol. The molecule has 0 aromatic carbocycles. The highest BCUT2D eigenvalue weighted by Crippen LogP contribution is 2.43. The van der Waals surface area contributed by atoms with Crippen molar-refractivity contribution in [1.29, 1.82) is 0 Å². The van der Waals surface area contributed by atoms with Crippen LogP contribution in [0.1, 0.15) is 52.4 Å². The van der Waals surface area contributed by atoms with E-state index in [1.165, 1.54) is 12.8 Å². The zero-order chi connectivity index (χ0) is 17.6. The Hall–Kier alpha value is -1.36. The molecule has 0 aromatic rings. The molecule has 4 aliphatic heterocycles. The fourth-order valence-electron chi connectivity index (χ4n) is 5.52. The van der Waals surface area contributed by atoms with Crippen LogP contribution in [0, 0.1) is 11.8 Å². The van der Waals surface area contributed by atoms with E-state index in [1.54, 1.807) is 0 Å². The minimum atomic E-state index is -0.176. The summed E-state index contributed by atoms with van der Waals surface area (Å²) < 4.78 is 5.74. The second kappa shape index (κ2) is 6.75. The SMILES string of the molecule is C/C=C(\C)C(=O)O[C@H]1CCN2C[C@H]3C[C@@H](CN4C(=O)CCCC34)C2C1. The van der Waals surface area contributed by atoms with Crippen molar-refractivity contribution < 1.29 is 14.3 Å². The number of allylic oxidation sites excluding steroid dienone is 1. The van der Waals surface area contributed by atoms with Gasteiger partial charge in [0.2, 0.25) is 5.91 Å². The van der Waals surface area contributed by atoms with Crippen molar-refractivity contribution in [2.75, 3.05) is 19.6 Å². The number of nitrogens with zero attached hydrogens (tertiary/aromatic N) is 2. The minimum absolute atomic E-state index is 0.0231. The van der Waals surface area contributed by atoms with Crippen LogP contribution in [0.15, 0.2) is 11.6 Å². The van der Waals surface area contributed by atoms with Crippen LogP contribution in [0.3, 0.4) is 0 Å². The molecule has 5 heteroatoms. The summed E-state index contributed by atoms with van der Waals surface area (Å²) in [7, 11) is 0. The van der Waals surface area contributed by atoms with Gasteiger partial charge in [0.1, 0.15) is 6.10 Å². The normalized spacial score (nSPS) is 38.8. The molecular formula is C20H30N2O3. The molecule has 4 fully saturated rings. The molecule has 0 radical (unpaired) electrons. The predicted molar refractivity (Wildman–Crippen MR) is 94.9 cm³/mol. The maximum Gasteiger partial charge on any atom is 0.333 e. The van der Waals surface area contributed by atoms with E-state index in [2.05, 4.69) is 9.80 Å². The zero-order valence-corrected chi connectivity index (χ0v) is 15.4. The van der Waals surface area contributed by atoms with Gasteiger partial charge in [-0.2, -0.15) is 0 Å². The Kier molecular flexibility index (Phi) is 4.61. The number of amides is 1. The third kappa shape index (κ3) is 3.12. The Morgan fingerprint density at radius 1 is 1.16 bits per heavy atom. The molecular weight excluding hydrogens is 316 g/mol. The summed E-state index contributed by atoms with van der Waals surface area (Å²) in [6.07, 6.45) is 7.91. The molecule has 4 heterocycles. The van der Waals surface area contributed by atoms with Gasteiger partial charge in [0, 0.05) is 50.1 Å². The highest BCUT2D eigenvalue weighted by atomic mass is 16.5. The largest absolute Gasteiger partial charge is 0.459 e. The maximum atomic E-state index is 12.4. The van der Waals surface area contributed by atoms with Gasteiger partial charge < -0.3 is 9.64 Å². The second-order valence-corrected chi connectivity index (χ2v) is 8.35. The van der Waals surface area contributed by atoms with Gasteiger partial charge in [-0.15, -0.1) is 0 Å². The van der Waals surface area contributed by atoms with E-state index in [-0.39, 0.29) is 12.1 Å². The maximum absolute atomic E-state index is 12.4. The molecule has 1 amide bonds. The van der Waals surface area contributed by atoms with Crippen LogP contribution in [-0.2, 0) is 14.3 Å². The summed E-state index contributed by atoms with van der Waals surface area (Å²) in [4.78, 5) is 29.3. The van der Waals surface area contributed by atoms with Crippen LogP contribution in [0.4, 0.5) is 0 Å². The van der Waals surface area contributed by atoms with Gasteiger partial charge in [-0.25, -0.2) is 4.79 Å². The molecule has 0 saturated carbocycles. The van der Waals surface area contributed by atoms with Crippen LogP contribution < -0.4 is 0 Å². The third-order valence-electron chi connectivity index (χ3n) is 6.95. The highest BCUT2D eigenvalue weighted by Gasteiger charge is 2.49. The Balaban J connectivity index is 1.44. The first kappa shape index (κ1) is 17.1. The molecule has 2 unspecified atom stereocenters. The van der Waals surface area contributed by atoms with Crippen molar-refractivity contribution >= 4 is 11.9 Å². The number of hydrogen-bond acceptors (Lipinski definition) is 4.